The number of hydrogen-bond donors (Lipinski definition) is 1. The normalized spacial score (nSPS) is 24.6. The van der Waals surface area contributed by atoms with Crippen molar-refractivity contribution in [3.05, 3.63) is 22.3 Å². The van der Waals surface area contributed by atoms with Crippen LogP contribution >= 0.6 is 23.2 Å². The summed E-state index contributed by atoms with van der Waals surface area (Å²) in [6.07, 6.45) is 8.00. The van der Waals surface area contributed by atoms with Gasteiger partial charge in [-0.3, -0.25) is 0 Å². The third-order valence-corrected chi connectivity index (χ3v) is 4.06. The van der Waals surface area contributed by atoms with Gasteiger partial charge in [-0.15, -0.1) is 0 Å². The quantitative estimate of drug-likeness (QED) is 0.858. The number of anilines is 1. The molecule has 2 atom stereocenters. The minimum Gasteiger partial charge on any atom is -0.366 e. The van der Waals surface area contributed by atoms with E-state index in [1.165, 1.54) is 32.1 Å². The van der Waals surface area contributed by atoms with E-state index in [1.807, 2.05) is 0 Å². The van der Waals surface area contributed by atoms with Gasteiger partial charge in [0.1, 0.15) is 5.82 Å². The topological polar surface area (TPSA) is 24.9 Å². The van der Waals surface area contributed by atoms with Gasteiger partial charge in [0.05, 0.1) is 10.0 Å². The van der Waals surface area contributed by atoms with Crippen molar-refractivity contribution in [2.75, 3.05) is 5.32 Å². The van der Waals surface area contributed by atoms with Gasteiger partial charge in [-0.1, -0.05) is 49.4 Å². The molecule has 0 aliphatic heterocycles. The molecule has 1 heterocycles. The molecule has 1 fully saturated rings. The van der Waals surface area contributed by atoms with Crippen molar-refractivity contribution < 1.29 is 0 Å². The molecule has 0 radical (unpaired) electrons. The molecule has 1 saturated carbocycles. The Morgan fingerprint density at radius 2 is 2.12 bits per heavy atom. The molecule has 1 aromatic heterocycles. The molecule has 0 aromatic carbocycles. The number of halogens is 2. The van der Waals surface area contributed by atoms with Gasteiger partial charge in [-0.25, -0.2) is 4.98 Å². The van der Waals surface area contributed by atoms with E-state index < -0.39 is 0 Å². The third kappa shape index (κ3) is 3.26. The molecule has 0 amide bonds. The average Bonchev–Trinajstić information content (AvgIpc) is 2.33. The van der Waals surface area contributed by atoms with E-state index in [0.29, 0.717) is 16.1 Å². The molecule has 4 heteroatoms. The standard InChI is InChI=1S/C13H18Cl2N2/c1-2-9-5-3-4-6-12(9)17-13-11(15)7-10(14)8-16-13/h7-9,12H,2-6H2,1H3,(H,16,17). The molecule has 1 aromatic rings. The first-order chi connectivity index (χ1) is 8.20. The van der Waals surface area contributed by atoms with Gasteiger partial charge in [0.2, 0.25) is 0 Å². The number of hydrogen-bond acceptors (Lipinski definition) is 2. The molecule has 2 nitrogen and oxygen atoms in total. The van der Waals surface area contributed by atoms with Crippen LogP contribution in [0.4, 0.5) is 5.82 Å². The fourth-order valence-corrected chi connectivity index (χ4v) is 3.02. The second kappa shape index (κ2) is 5.92. The molecule has 1 aliphatic carbocycles. The van der Waals surface area contributed by atoms with Crippen molar-refractivity contribution >= 4 is 29.0 Å². The Morgan fingerprint density at radius 1 is 1.35 bits per heavy atom. The SMILES string of the molecule is CCC1CCCCC1Nc1ncc(Cl)cc1Cl. The van der Waals surface area contributed by atoms with Crippen molar-refractivity contribution in [3.63, 3.8) is 0 Å². The number of pyridine rings is 1. The lowest BCUT2D eigenvalue weighted by molar-refractivity contribution is 0.317. The monoisotopic (exact) mass is 272 g/mol. The van der Waals surface area contributed by atoms with Crippen molar-refractivity contribution in [1.29, 1.82) is 0 Å². The van der Waals surface area contributed by atoms with Crippen LogP contribution in [0, 0.1) is 5.92 Å². The van der Waals surface area contributed by atoms with E-state index in [1.54, 1.807) is 12.3 Å². The van der Waals surface area contributed by atoms with Gasteiger partial charge in [0, 0.05) is 12.2 Å². The Bertz CT molecular complexity index is 382. The van der Waals surface area contributed by atoms with E-state index in [0.717, 1.165) is 11.7 Å². The molecule has 0 spiro atoms. The lowest BCUT2D eigenvalue weighted by Gasteiger charge is -2.32. The maximum absolute atomic E-state index is 6.13. The van der Waals surface area contributed by atoms with Crippen LogP contribution in [0.5, 0.6) is 0 Å². The fraction of sp³-hybridized carbons (Fsp3) is 0.615. The Labute approximate surface area is 113 Å². The lowest BCUT2D eigenvalue weighted by atomic mass is 9.83. The van der Waals surface area contributed by atoms with E-state index in [2.05, 4.69) is 17.2 Å². The summed E-state index contributed by atoms with van der Waals surface area (Å²) in [7, 11) is 0. The zero-order valence-corrected chi connectivity index (χ0v) is 11.6. The largest absolute Gasteiger partial charge is 0.366 e. The zero-order valence-electron chi connectivity index (χ0n) is 10.0. The predicted molar refractivity (Wildman–Crippen MR) is 73.9 cm³/mol. The third-order valence-electron chi connectivity index (χ3n) is 3.56. The van der Waals surface area contributed by atoms with Gasteiger partial charge < -0.3 is 5.32 Å². The molecule has 2 rings (SSSR count). The molecule has 2 unspecified atom stereocenters. The highest BCUT2D eigenvalue weighted by molar-refractivity contribution is 6.35. The van der Waals surface area contributed by atoms with Crippen LogP contribution in [-0.2, 0) is 0 Å². The highest BCUT2D eigenvalue weighted by atomic mass is 35.5. The Morgan fingerprint density at radius 3 is 2.82 bits per heavy atom. The molecule has 94 valence electrons. The van der Waals surface area contributed by atoms with Crippen LogP contribution in [-0.4, -0.2) is 11.0 Å². The van der Waals surface area contributed by atoms with Crippen LogP contribution in [0.25, 0.3) is 0 Å². The summed E-state index contributed by atoms with van der Waals surface area (Å²) in [4.78, 5) is 4.27. The lowest BCUT2D eigenvalue weighted by Crippen LogP contribution is -2.32. The van der Waals surface area contributed by atoms with Crippen LogP contribution in [0.15, 0.2) is 12.3 Å². The number of aromatic nitrogens is 1. The van der Waals surface area contributed by atoms with Crippen molar-refractivity contribution in [1.82, 2.24) is 4.98 Å². The second-order valence-electron chi connectivity index (χ2n) is 4.69. The van der Waals surface area contributed by atoms with E-state index in [4.69, 9.17) is 23.2 Å². The Kier molecular flexibility index (Phi) is 4.52. The predicted octanol–water partition coefficient (Wildman–Crippen LogP) is 4.77. The summed E-state index contributed by atoms with van der Waals surface area (Å²) >= 11 is 12.0. The van der Waals surface area contributed by atoms with Crippen molar-refractivity contribution in [3.8, 4) is 0 Å². The average molecular weight is 273 g/mol. The minimum atomic E-state index is 0.500. The minimum absolute atomic E-state index is 0.500. The summed E-state index contributed by atoms with van der Waals surface area (Å²) < 4.78 is 0. The molecular weight excluding hydrogens is 255 g/mol. The molecule has 0 bridgehead atoms. The van der Waals surface area contributed by atoms with E-state index in [9.17, 15) is 0 Å². The number of nitrogens with zero attached hydrogens (tertiary/aromatic N) is 1. The highest BCUT2D eigenvalue weighted by Crippen LogP contribution is 2.31. The first kappa shape index (κ1) is 13.0. The van der Waals surface area contributed by atoms with Crippen LogP contribution in [0.2, 0.25) is 10.0 Å². The summed E-state index contributed by atoms with van der Waals surface area (Å²) in [6.45, 7) is 2.25. The Balaban J connectivity index is 2.08. The molecule has 0 saturated heterocycles. The van der Waals surface area contributed by atoms with Crippen LogP contribution in [0.3, 0.4) is 0 Å². The van der Waals surface area contributed by atoms with Crippen molar-refractivity contribution in [2.45, 2.75) is 45.1 Å². The van der Waals surface area contributed by atoms with Gasteiger partial charge in [0.15, 0.2) is 0 Å². The van der Waals surface area contributed by atoms with E-state index >= 15 is 0 Å². The van der Waals surface area contributed by atoms with E-state index in [-0.39, 0.29) is 0 Å². The number of nitrogens with one attached hydrogen (secondary N) is 1. The smallest absolute Gasteiger partial charge is 0.145 e. The fourth-order valence-electron chi connectivity index (χ4n) is 2.58. The number of rotatable bonds is 3. The molecular formula is C13H18Cl2N2. The molecule has 17 heavy (non-hydrogen) atoms. The van der Waals surface area contributed by atoms with Crippen LogP contribution < -0.4 is 5.32 Å². The summed E-state index contributed by atoms with van der Waals surface area (Å²) in [5.41, 5.74) is 0. The van der Waals surface area contributed by atoms with Gasteiger partial charge in [0.25, 0.3) is 0 Å². The summed E-state index contributed by atoms with van der Waals surface area (Å²) in [5.74, 6) is 1.50. The maximum Gasteiger partial charge on any atom is 0.145 e. The summed E-state index contributed by atoms with van der Waals surface area (Å²) in [6, 6.07) is 2.24. The maximum atomic E-state index is 6.13. The Hall–Kier alpha value is -0.470. The van der Waals surface area contributed by atoms with Gasteiger partial charge in [-0.05, 0) is 24.8 Å². The second-order valence-corrected chi connectivity index (χ2v) is 5.53. The highest BCUT2D eigenvalue weighted by Gasteiger charge is 2.24. The first-order valence-electron chi connectivity index (χ1n) is 6.28. The summed E-state index contributed by atoms with van der Waals surface area (Å²) in [5, 5.41) is 4.66. The molecule has 1 N–H and O–H groups in total. The van der Waals surface area contributed by atoms with Gasteiger partial charge >= 0.3 is 0 Å². The molecule has 1 aliphatic rings. The first-order valence-corrected chi connectivity index (χ1v) is 7.04. The van der Waals surface area contributed by atoms with Gasteiger partial charge in [-0.2, -0.15) is 0 Å². The zero-order chi connectivity index (χ0) is 12.3. The van der Waals surface area contributed by atoms with Crippen LogP contribution in [0.1, 0.15) is 39.0 Å². The van der Waals surface area contributed by atoms with Crippen molar-refractivity contribution in [2.24, 2.45) is 5.92 Å².